The molecule has 0 aromatic heterocycles. The smallest absolute Gasteiger partial charge is 0.263 e. The van der Waals surface area contributed by atoms with Gasteiger partial charge in [0.2, 0.25) is 0 Å². The van der Waals surface area contributed by atoms with E-state index in [1.807, 2.05) is 11.8 Å². The Balaban J connectivity index is 1.86. The molecule has 0 saturated carbocycles. The van der Waals surface area contributed by atoms with Crippen molar-refractivity contribution in [3.05, 3.63) is 28.8 Å². The molecule has 1 aromatic carbocycles. The molecular weight excluding hydrogens is 316 g/mol. The lowest BCUT2D eigenvalue weighted by molar-refractivity contribution is 0.503. The Hall–Kier alpha value is -0.720. The molecule has 20 heavy (non-hydrogen) atoms. The van der Waals surface area contributed by atoms with Gasteiger partial charge in [-0.05, 0) is 48.5 Å². The molecule has 0 amide bonds. The number of nitrogens with one attached hydrogen (secondary N) is 1. The highest BCUT2D eigenvalue weighted by Crippen LogP contribution is 2.27. The third kappa shape index (κ3) is 2.82. The van der Waals surface area contributed by atoms with E-state index in [2.05, 4.69) is 9.71 Å². The first-order valence-corrected chi connectivity index (χ1v) is 9.53. The van der Waals surface area contributed by atoms with E-state index in [9.17, 15) is 8.42 Å². The van der Waals surface area contributed by atoms with Crippen molar-refractivity contribution in [2.24, 2.45) is 10.9 Å². The number of halogens is 1. The fourth-order valence-electron chi connectivity index (χ4n) is 2.42. The summed E-state index contributed by atoms with van der Waals surface area (Å²) in [6.45, 7) is 0.681. The molecule has 0 spiro atoms. The molecule has 1 fully saturated rings. The number of hydrogen-bond donors (Lipinski definition) is 1. The molecule has 0 atom stereocenters. The Morgan fingerprint density at radius 3 is 2.85 bits per heavy atom. The highest BCUT2D eigenvalue weighted by Gasteiger charge is 2.31. The van der Waals surface area contributed by atoms with Crippen LogP contribution in [0.25, 0.3) is 0 Å². The van der Waals surface area contributed by atoms with Gasteiger partial charge in [-0.15, -0.1) is 0 Å². The van der Waals surface area contributed by atoms with Crippen LogP contribution >= 0.6 is 23.4 Å². The first kappa shape index (κ1) is 14.2. The van der Waals surface area contributed by atoms with E-state index in [0.29, 0.717) is 28.9 Å². The van der Waals surface area contributed by atoms with Crippen molar-refractivity contribution in [2.75, 3.05) is 18.1 Å². The second-order valence-electron chi connectivity index (χ2n) is 4.99. The molecular formula is C13H15ClN2O2S2. The van der Waals surface area contributed by atoms with Crippen LogP contribution in [-0.2, 0) is 10.0 Å². The second-order valence-corrected chi connectivity index (χ2v) is 8.30. The van der Waals surface area contributed by atoms with Crippen LogP contribution in [0.2, 0.25) is 5.02 Å². The Morgan fingerprint density at radius 1 is 1.35 bits per heavy atom. The number of benzene rings is 1. The maximum absolute atomic E-state index is 12.0. The van der Waals surface area contributed by atoms with Crippen LogP contribution in [0.3, 0.4) is 0 Å². The molecule has 0 bridgehead atoms. The zero-order chi connectivity index (χ0) is 14.2. The molecule has 1 aromatic rings. The number of amidine groups is 1. The Bertz CT molecular complexity index is 652. The number of aliphatic imine (C=N–C) groups is 1. The van der Waals surface area contributed by atoms with Crippen molar-refractivity contribution in [1.82, 2.24) is 4.72 Å². The summed E-state index contributed by atoms with van der Waals surface area (Å²) in [5, 5.41) is 0.416. The summed E-state index contributed by atoms with van der Waals surface area (Å²) >= 11 is 7.83. The third-order valence-corrected chi connectivity index (χ3v) is 6.23. The maximum atomic E-state index is 12.0. The largest absolute Gasteiger partial charge is 0.267 e. The van der Waals surface area contributed by atoms with Crippen LogP contribution in [0.5, 0.6) is 0 Å². The lowest BCUT2D eigenvalue weighted by atomic mass is 10.0. The number of rotatable bonds is 2. The minimum absolute atomic E-state index is 0.225. The van der Waals surface area contributed by atoms with Crippen LogP contribution in [0, 0.1) is 5.92 Å². The highest BCUT2D eigenvalue weighted by molar-refractivity contribution is 7.99. The third-order valence-electron chi connectivity index (χ3n) is 3.57. The summed E-state index contributed by atoms with van der Waals surface area (Å²) in [6.07, 6.45) is 2.31. The first-order valence-electron chi connectivity index (χ1n) is 6.51. The predicted octanol–water partition coefficient (Wildman–Crippen LogP) is 2.52. The average Bonchev–Trinajstić information content (AvgIpc) is 2.69. The van der Waals surface area contributed by atoms with Crippen molar-refractivity contribution in [2.45, 2.75) is 17.7 Å². The van der Waals surface area contributed by atoms with Gasteiger partial charge in [-0.1, -0.05) is 11.6 Å². The van der Waals surface area contributed by atoms with Gasteiger partial charge in [0.15, 0.2) is 0 Å². The van der Waals surface area contributed by atoms with E-state index < -0.39 is 10.0 Å². The summed E-state index contributed by atoms with van der Waals surface area (Å²) in [5.74, 6) is 3.36. The van der Waals surface area contributed by atoms with Gasteiger partial charge in [0.25, 0.3) is 10.0 Å². The molecule has 4 nitrogen and oxygen atoms in total. The minimum atomic E-state index is -3.50. The molecule has 2 aliphatic rings. The standard InChI is InChI=1S/C13H15ClN2O2S2/c14-10-1-2-11-12(7-10)20(17,18)16-13(11)15-8-9-3-5-19-6-4-9/h1-2,7,9H,3-6,8H2,(H,15,16). The number of nitrogens with zero attached hydrogens (tertiary/aromatic N) is 1. The summed E-state index contributed by atoms with van der Waals surface area (Å²) in [6, 6.07) is 4.87. The van der Waals surface area contributed by atoms with Crippen LogP contribution < -0.4 is 4.72 Å². The molecule has 2 heterocycles. The Kier molecular flexibility index (Phi) is 3.97. The van der Waals surface area contributed by atoms with Gasteiger partial charge in [-0.25, -0.2) is 8.42 Å². The maximum Gasteiger partial charge on any atom is 0.263 e. The van der Waals surface area contributed by atoms with Crippen molar-refractivity contribution < 1.29 is 8.42 Å². The van der Waals surface area contributed by atoms with E-state index >= 15 is 0 Å². The quantitative estimate of drug-likeness (QED) is 0.906. The summed E-state index contributed by atoms with van der Waals surface area (Å²) < 4.78 is 26.5. The van der Waals surface area contributed by atoms with Crippen LogP contribution in [-0.4, -0.2) is 32.3 Å². The molecule has 0 radical (unpaired) electrons. The summed E-state index contributed by atoms with van der Waals surface area (Å²) in [7, 11) is -3.50. The van der Waals surface area contributed by atoms with Gasteiger partial charge >= 0.3 is 0 Å². The van der Waals surface area contributed by atoms with Gasteiger partial charge < -0.3 is 0 Å². The van der Waals surface area contributed by atoms with E-state index in [0.717, 1.165) is 12.8 Å². The highest BCUT2D eigenvalue weighted by atomic mass is 35.5. The van der Waals surface area contributed by atoms with Crippen LogP contribution in [0.4, 0.5) is 0 Å². The molecule has 0 unspecified atom stereocenters. The second kappa shape index (κ2) is 5.58. The van der Waals surface area contributed by atoms with Crippen molar-refractivity contribution in [3.8, 4) is 0 Å². The van der Waals surface area contributed by atoms with Gasteiger partial charge in [-0.2, -0.15) is 11.8 Å². The average molecular weight is 331 g/mol. The zero-order valence-corrected chi connectivity index (χ0v) is 13.2. The Labute approximate surface area is 128 Å². The normalized spacial score (nSPS) is 23.6. The minimum Gasteiger partial charge on any atom is -0.267 e. The summed E-state index contributed by atoms with van der Waals surface area (Å²) in [4.78, 5) is 4.71. The van der Waals surface area contributed by atoms with Crippen molar-refractivity contribution in [1.29, 1.82) is 0 Å². The number of sulfonamides is 1. The van der Waals surface area contributed by atoms with Gasteiger partial charge in [0, 0.05) is 17.1 Å². The lowest BCUT2D eigenvalue weighted by Crippen LogP contribution is -2.23. The van der Waals surface area contributed by atoms with Crippen LogP contribution in [0.1, 0.15) is 18.4 Å². The summed E-state index contributed by atoms with van der Waals surface area (Å²) in [5.41, 5.74) is 0.625. The monoisotopic (exact) mass is 330 g/mol. The number of hydrogen-bond acceptors (Lipinski definition) is 4. The van der Waals surface area contributed by atoms with Crippen LogP contribution in [0.15, 0.2) is 28.1 Å². The van der Waals surface area contributed by atoms with Gasteiger partial charge in [-0.3, -0.25) is 9.71 Å². The molecule has 2 aliphatic heterocycles. The van der Waals surface area contributed by atoms with E-state index in [-0.39, 0.29) is 4.90 Å². The zero-order valence-electron chi connectivity index (χ0n) is 10.8. The fourth-order valence-corrected chi connectivity index (χ4v) is 5.13. The SMILES string of the molecule is O=S1(=O)NC(=NCC2CCSCC2)c2ccc(Cl)cc21. The lowest BCUT2D eigenvalue weighted by Gasteiger charge is -2.19. The fraction of sp³-hybridized carbons (Fsp3) is 0.462. The van der Waals surface area contributed by atoms with E-state index in [1.165, 1.54) is 17.6 Å². The molecule has 1 N–H and O–H groups in total. The number of fused-ring (bicyclic) bond motifs is 1. The molecule has 108 valence electrons. The van der Waals surface area contributed by atoms with E-state index in [1.54, 1.807) is 12.1 Å². The first-order chi connectivity index (χ1) is 9.56. The molecule has 1 saturated heterocycles. The van der Waals surface area contributed by atoms with Crippen molar-refractivity contribution >= 4 is 39.2 Å². The topological polar surface area (TPSA) is 58.5 Å². The molecule has 3 rings (SSSR count). The molecule has 7 heteroatoms. The predicted molar refractivity (Wildman–Crippen MR) is 83.2 cm³/mol. The van der Waals surface area contributed by atoms with Gasteiger partial charge in [0.1, 0.15) is 5.84 Å². The van der Waals surface area contributed by atoms with Gasteiger partial charge in [0.05, 0.1) is 4.90 Å². The number of thioether (sulfide) groups is 1. The van der Waals surface area contributed by atoms with Crippen molar-refractivity contribution in [3.63, 3.8) is 0 Å². The van der Waals surface area contributed by atoms with E-state index in [4.69, 9.17) is 11.6 Å². The Morgan fingerprint density at radius 2 is 2.10 bits per heavy atom. The molecule has 0 aliphatic carbocycles.